The summed E-state index contributed by atoms with van der Waals surface area (Å²) in [5, 5.41) is 3.65. The highest BCUT2D eigenvalue weighted by molar-refractivity contribution is 7.88. The first-order valence-electron chi connectivity index (χ1n) is 7.44. The zero-order chi connectivity index (χ0) is 17.0. The van der Waals surface area contributed by atoms with Crippen molar-refractivity contribution in [2.45, 2.75) is 38.3 Å². The number of hydrogen-bond donors (Lipinski definition) is 1. The van der Waals surface area contributed by atoms with E-state index in [1.165, 1.54) is 0 Å². The summed E-state index contributed by atoms with van der Waals surface area (Å²) in [6.45, 7) is -0.122. The molecule has 0 saturated heterocycles. The molecule has 2 rings (SSSR count). The number of benzene rings is 1. The van der Waals surface area contributed by atoms with Gasteiger partial charge in [0.05, 0.1) is 22.8 Å². The van der Waals surface area contributed by atoms with Crippen LogP contribution < -0.4 is 5.32 Å². The van der Waals surface area contributed by atoms with Crippen molar-refractivity contribution in [1.29, 1.82) is 0 Å². The first kappa shape index (κ1) is 18.5. The standard InChI is InChI=1S/C15H20Cl2N2O3S/c1-23(21,22)19(9-11-6-7-13(16)14(17)8-11)10-15(20)18-12-4-2-3-5-12/h6-8,12H,2-5,9-10H2,1H3,(H,18,20). The molecule has 1 aliphatic rings. The van der Waals surface area contributed by atoms with Gasteiger partial charge in [-0.1, -0.05) is 42.1 Å². The van der Waals surface area contributed by atoms with Crippen molar-refractivity contribution < 1.29 is 13.2 Å². The van der Waals surface area contributed by atoms with Crippen molar-refractivity contribution in [2.75, 3.05) is 12.8 Å². The molecule has 1 N–H and O–H groups in total. The van der Waals surface area contributed by atoms with Gasteiger partial charge in [0, 0.05) is 12.6 Å². The molecule has 1 aromatic carbocycles. The summed E-state index contributed by atoms with van der Waals surface area (Å²) in [6, 6.07) is 5.07. The molecule has 128 valence electrons. The average molecular weight is 379 g/mol. The minimum absolute atomic E-state index is 0.0772. The normalized spacial score (nSPS) is 16.0. The second kappa shape index (κ2) is 7.83. The number of hydrogen-bond acceptors (Lipinski definition) is 3. The summed E-state index contributed by atoms with van der Waals surface area (Å²) in [5.41, 5.74) is 0.679. The molecule has 1 fully saturated rings. The van der Waals surface area contributed by atoms with Crippen LogP contribution in [0.2, 0.25) is 10.0 Å². The number of amides is 1. The smallest absolute Gasteiger partial charge is 0.235 e. The summed E-state index contributed by atoms with van der Waals surface area (Å²) < 4.78 is 25.0. The number of carbonyl (C=O) groups is 1. The predicted molar refractivity (Wildman–Crippen MR) is 92.1 cm³/mol. The summed E-state index contributed by atoms with van der Waals surface area (Å²) in [5.74, 6) is -0.276. The van der Waals surface area contributed by atoms with E-state index in [0.29, 0.717) is 15.6 Å². The lowest BCUT2D eigenvalue weighted by Crippen LogP contribution is -2.42. The number of rotatable bonds is 6. The third-order valence-corrected chi connectivity index (χ3v) is 5.79. The molecule has 1 aliphatic carbocycles. The summed E-state index contributed by atoms with van der Waals surface area (Å²) in [4.78, 5) is 12.1. The zero-order valence-electron chi connectivity index (χ0n) is 12.9. The van der Waals surface area contributed by atoms with Crippen LogP contribution >= 0.6 is 23.2 Å². The Labute approximate surface area is 147 Å². The van der Waals surface area contributed by atoms with Gasteiger partial charge in [-0.25, -0.2) is 8.42 Å². The maximum Gasteiger partial charge on any atom is 0.235 e. The van der Waals surface area contributed by atoms with Crippen LogP contribution in [0.1, 0.15) is 31.2 Å². The fraction of sp³-hybridized carbons (Fsp3) is 0.533. The van der Waals surface area contributed by atoms with Crippen molar-refractivity contribution in [3.8, 4) is 0 Å². The maximum absolute atomic E-state index is 12.1. The Balaban J connectivity index is 2.04. The average Bonchev–Trinajstić information content (AvgIpc) is 2.94. The number of carbonyl (C=O) groups excluding carboxylic acids is 1. The van der Waals surface area contributed by atoms with Crippen LogP contribution in [0.25, 0.3) is 0 Å². The van der Waals surface area contributed by atoms with E-state index in [-0.39, 0.29) is 25.0 Å². The van der Waals surface area contributed by atoms with Crippen LogP contribution in [-0.4, -0.2) is 37.5 Å². The number of halogens is 2. The van der Waals surface area contributed by atoms with Gasteiger partial charge in [0.25, 0.3) is 0 Å². The lowest BCUT2D eigenvalue weighted by Gasteiger charge is -2.21. The van der Waals surface area contributed by atoms with Crippen LogP contribution in [-0.2, 0) is 21.4 Å². The third-order valence-electron chi connectivity index (χ3n) is 3.85. The van der Waals surface area contributed by atoms with Crippen LogP contribution in [0, 0.1) is 0 Å². The monoisotopic (exact) mass is 378 g/mol. The van der Waals surface area contributed by atoms with Gasteiger partial charge in [0.1, 0.15) is 0 Å². The van der Waals surface area contributed by atoms with Crippen molar-refractivity contribution in [3.63, 3.8) is 0 Å². The Morgan fingerprint density at radius 1 is 1.26 bits per heavy atom. The largest absolute Gasteiger partial charge is 0.352 e. The summed E-state index contributed by atoms with van der Waals surface area (Å²) in [6.07, 6.45) is 5.20. The minimum atomic E-state index is -3.52. The molecule has 5 nitrogen and oxygen atoms in total. The molecule has 1 aromatic rings. The molecule has 1 amide bonds. The van der Waals surface area contributed by atoms with Gasteiger partial charge in [-0.3, -0.25) is 4.79 Å². The molecule has 0 atom stereocenters. The van der Waals surface area contributed by atoms with Gasteiger partial charge < -0.3 is 5.32 Å². The van der Waals surface area contributed by atoms with Crippen LogP contribution in [0.4, 0.5) is 0 Å². The van der Waals surface area contributed by atoms with Gasteiger partial charge in [-0.2, -0.15) is 4.31 Å². The SMILES string of the molecule is CS(=O)(=O)N(CC(=O)NC1CCCC1)Cc1ccc(Cl)c(Cl)c1. The van der Waals surface area contributed by atoms with Crippen LogP contribution in [0.15, 0.2) is 18.2 Å². The Hall–Kier alpha value is -0.820. The molecule has 0 radical (unpaired) electrons. The molecule has 0 heterocycles. The van der Waals surface area contributed by atoms with Crippen molar-refractivity contribution in [3.05, 3.63) is 33.8 Å². The maximum atomic E-state index is 12.1. The van der Waals surface area contributed by atoms with Crippen LogP contribution in [0.3, 0.4) is 0 Å². The first-order valence-corrected chi connectivity index (χ1v) is 10.0. The third kappa shape index (κ3) is 5.64. The number of nitrogens with one attached hydrogen (secondary N) is 1. The molecule has 1 saturated carbocycles. The van der Waals surface area contributed by atoms with E-state index in [2.05, 4.69) is 5.32 Å². The Bertz CT molecular complexity index is 673. The molecule has 8 heteroatoms. The fourth-order valence-corrected chi connectivity index (χ4v) is 3.69. The van der Waals surface area contributed by atoms with E-state index in [1.807, 2.05) is 0 Å². The molecular formula is C15H20Cl2N2O3S. The predicted octanol–water partition coefficient (Wildman–Crippen LogP) is 2.81. The highest BCUT2D eigenvalue weighted by atomic mass is 35.5. The summed E-state index contributed by atoms with van der Waals surface area (Å²) >= 11 is 11.8. The van der Waals surface area contributed by atoms with Gasteiger partial charge >= 0.3 is 0 Å². The molecule has 0 bridgehead atoms. The minimum Gasteiger partial charge on any atom is -0.352 e. The van der Waals surface area contributed by atoms with E-state index in [9.17, 15) is 13.2 Å². The summed E-state index contributed by atoms with van der Waals surface area (Å²) in [7, 11) is -3.52. The fourth-order valence-electron chi connectivity index (χ4n) is 2.64. The Kier molecular flexibility index (Phi) is 6.31. The quantitative estimate of drug-likeness (QED) is 0.827. The molecule has 23 heavy (non-hydrogen) atoms. The lowest BCUT2D eigenvalue weighted by molar-refractivity contribution is -0.122. The second-order valence-corrected chi connectivity index (χ2v) is 8.63. The van der Waals surface area contributed by atoms with E-state index >= 15 is 0 Å². The Morgan fingerprint density at radius 2 is 1.91 bits per heavy atom. The van der Waals surface area contributed by atoms with Gasteiger partial charge in [0.2, 0.25) is 15.9 Å². The van der Waals surface area contributed by atoms with E-state index in [0.717, 1.165) is 36.2 Å². The van der Waals surface area contributed by atoms with E-state index < -0.39 is 10.0 Å². The highest BCUT2D eigenvalue weighted by Crippen LogP contribution is 2.23. The van der Waals surface area contributed by atoms with Gasteiger partial charge in [-0.15, -0.1) is 0 Å². The Morgan fingerprint density at radius 3 is 2.48 bits per heavy atom. The molecular weight excluding hydrogens is 359 g/mol. The van der Waals surface area contributed by atoms with Gasteiger partial charge in [0.15, 0.2) is 0 Å². The zero-order valence-corrected chi connectivity index (χ0v) is 15.2. The van der Waals surface area contributed by atoms with Crippen molar-refractivity contribution >= 4 is 39.1 Å². The van der Waals surface area contributed by atoms with Crippen molar-refractivity contribution in [1.82, 2.24) is 9.62 Å². The van der Waals surface area contributed by atoms with E-state index in [4.69, 9.17) is 23.2 Å². The number of sulfonamides is 1. The molecule has 0 unspecified atom stereocenters. The molecule has 0 spiro atoms. The van der Waals surface area contributed by atoms with Crippen LogP contribution in [0.5, 0.6) is 0 Å². The van der Waals surface area contributed by atoms with E-state index in [1.54, 1.807) is 18.2 Å². The van der Waals surface area contributed by atoms with Gasteiger partial charge in [-0.05, 0) is 30.5 Å². The first-order chi connectivity index (χ1) is 10.8. The van der Waals surface area contributed by atoms with Crippen molar-refractivity contribution in [2.24, 2.45) is 0 Å². The number of nitrogens with zero attached hydrogens (tertiary/aromatic N) is 1. The molecule has 0 aliphatic heterocycles. The second-order valence-electron chi connectivity index (χ2n) is 5.83. The highest BCUT2D eigenvalue weighted by Gasteiger charge is 2.23. The topological polar surface area (TPSA) is 66.5 Å². The molecule has 0 aromatic heterocycles. The lowest BCUT2D eigenvalue weighted by atomic mass is 10.2.